The first-order chi connectivity index (χ1) is 12.0. The van der Waals surface area contributed by atoms with E-state index >= 15 is 0 Å². The number of nitrogens with one attached hydrogen (secondary N) is 1. The average Bonchev–Trinajstić information content (AvgIpc) is 3.03. The summed E-state index contributed by atoms with van der Waals surface area (Å²) in [6, 6.07) is 5.80. The summed E-state index contributed by atoms with van der Waals surface area (Å²) in [5, 5.41) is 8.63. The second-order valence-corrected chi connectivity index (χ2v) is 6.42. The molecule has 3 aromatic rings. The maximum Gasteiger partial charge on any atom is 0.253 e. The standard InChI is InChI=1S/C18H22N6O/c1-12(2)24-17-15(11-22-24)7-13(10-21-17)9-20-16-8-14(5-6-19-16)18(25)23(3)4/h5-8,10-12H,9H2,1-4H3,(H,19,20). The Balaban J connectivity index is 1.74. The van der Waals surface area contributed by atoms with Gasteiger partial charge in [0.1, 0.15) is 5.82 Å². The Bertz CT molecular complexity index is 899. The molecule has 0 aromatic carbocycles. The third kappa shape index (κ3) is 3.60. The molecule has 3 rings (SSSR count). The summed E-state index contributed by atoms with van der Waals surface area (Å²) >= 11 is 0. The van der Waals surface area contributed by atoms with Gasteiger partial charge in [-0.05, 0) is 37.6 Å². The highest BCUT2D eigenvalue weighted by molar-refractivity contribution is 5.94. The van der Waals surface area contributed by atoms with Crippen LogP contribution in [0.4, 0.5) is 5.82 Å². The van der Waals surface area contributed by atoms with Gasteiger partial charge in [-0.1, -0.05) is 0 Å². The minimum absolute atomic E-state index is 0.0466. The fraction of sp³-hybridized carbons (Fsp3) is 0.333. The Labute approximate surface area is 146 Å². The van der Waals surface area contributed by atoms with E-state index in [0.29, 0.717) is 17.9 Å². The zero-order valence-electron chi connectivity index (χ0n) is 14.9. The maximum atomic E-state index is 12.0. The van der Waals surface area contributed by atoms with Crippen LogP contribution in [0.25, 0.3) is 11.0 Å². The summed E-state index contributed by atoms with van der Waals surface area (Å²) < 4.78 is 1.91. The lowest BCUT2D eigenvalue weighted by atomic mass is 10.2. The maximum absolute atomic E-state index is 12.0. The quantitative estimate of drug-likeness (QED) is 0.774. The van der Waals surface area contributed by atoms with Crippen LogP contribution in [0.1, 0.15) is 35.8 Å². The monoisotopic (exact) mass is 338 g/mol. The molecule has 130 valence electrons. The van der Waals surface area contributed by atoms with Crippen LogP contribution in [-0.2, 0) is 6.54 Å². The van der Waals surface area contributed by atoms with Crippen LogP contribution in [0.3, 0.4) is 0 Å². The molecule has 1 N–H and O–H groups in total. The van der Waals surface area contributed by atoms with Crippen LogP contribution in [0.5, 0.6) is 0 Å². The first-order valence-corrected chi connectivity index (χ1v) is 8.19. The van der Waals surface area contributed by atoms with E-state index in [-0.39, 0.29) is 11.9 Å². The van der Waals surface area contributed by atoms with E-state index in [1.807, 2.05) is 17.1 Å². The van der Waals surface area contributed by atoms with Crippen LogP contribution >= 0.6 is 0 Å². The van der Waals surface area contributed by atoms with Crippen LogP contribution in [0.2, 0.25) is 0 Å². The molecule has 0 bridgehead atoms. The Kier molecular flexibility index (Phi) is 4.65. The van der Waals surface area contributed by atoms with Gasteiger partial charge in [0.15, 0.2) is 5.65 Å². The van der Waals surface area contributed by atoms with Gasteiger partial charge in [-0.2, -0.15) is 5.10 Å². The number of hydrogen-bond donors (Lipinski definition) is 1. The van der Waals surface area contributed by atoms with Crippen LogP contribution in [0.15, 0.2) is 36.8 Å². The lowest BCUT2D eigenvalue weighted by molar-refractivity contribution is 0.0827. The number of carbonyl (C=O) groups is 1. The lowest BCUT2D eigenvalue weighted by Gasteiger charge is -2.11. The minimum atomic E-state index is -0.0466. The fourth-order valence-electron chi connectivity index (χ4n) is 2.57. The van der Waals surface area contributed by atoms with Crippen molar-refractivity contribution < 1.29 is 4.79 Å². The van der Waals surface area contributed by atoms with E-state index in [1.54, 1.807) is 37.3 Å². The first-order valence-electron chi connectivity index (χ1n) is 8.19. The van der Waals surface area contributed by atoms with Crippen molar-refractivity contribution in [3.8, 4) is 0 Å². The Morgan fingerprint density at radius 3 is 2.76 bits per heavy atom. The number of anilines is 1. The lowest BCUT2D eigenvalue weighted by Crippen LogP contribution is -2.21. The molecule has 7 nitrogen and oxygen atoms in total. The molecule has 0 saturated carbocycles. The largest absolute Gasteiger partial charge is 0.366 e. The minimum Gasteiger partial charge on any atom is -0.366 e. The van der Waals surface area contributed by atoms with E-state index < -0.39 is 0 Å². The normalized spacial score (nSPS) is 11.1. The van der Waals surface area contributed by atoms with Gasteiger partial charge in [-0.3, -0.25) is 4.79 Å². The molecule has 0 aliphatic heterocycles. The van der Waals surface area contributed by atoms with Gasteiger partial charge in [-0.15, -0.1) is 0 Å². The van der Waals surface area contributed by atoms with Gasteiger partial charge in [0.2, 0.25) is 0 Å². The molecule has 0 spiro atoms. The zero-order valence-corrected chi connectivity index (χ0v) is 14.9. The molecule has 3 heterocycles. The highest BCUT2D eigenvalue weighted by Gasteiger charge is 2.10. The predicted molar refractivity (Wildman–Crippen MR) is 97.5 cm³/mol. The molecule has 0 fully saturated rings. The second kappa shape index (κ2) is 6.88. The molecular weight excluding hydrogens is 316 g/mol. The van der Waals surface area contributed by atoms with Crippen LogP contribution in [0, 0.1) is 0 Å². The number of carbonyl (C=O) groups excluding carboxylic acids is 1. The van der Waals surface area contributed by atoms with Gasteiger partial charge in [0.25, 0.3) is 5.91 Å². The number of hydrogen-bond acceptors (Lipinski definition) is 5. The highest BCUT2D eigenvalue weighted by atomic mass is 16.2. The number of rotatable bonds is 5. The van der Waals surface area contributed by atoms with Crippen molar-refractivity contribution >= 4 is 22.8 Å². The summed E-state index contributed by atoms with van der Waals surface area (Å²) in [6.07, 6.45) is 5.30. The SMILES string of the molecule is CC(C)n1ncc2cc(CNc3cc(C(=O)N(C)C)ccn3)cnc21. The molecular formula is C18H22N6O. The smallest absolute Gasteiger partial charge is 0.253 e. The van der Waals surface area contributed by atoms with Gasteiger partial charge < -0.3 is 10.2 Å². The van der Waals surface area contributed by atoms with Crippen molar-refractivity contribution in [2.24, 2.45) is 0 Å². The molecule has 0 radical (unpaired) electrons. The van der Waals surface area contributed by atoms with E-state index in [0.717, 1.165) is 16.6 Å². The number of nitrogens with zero attached hydrogens (tertiary/aromatic N) is 5. The molecule has 1 amide bonds. The van der Waals surface area contributed by atoms with Gasteiger partial charge in [0, 0.05) is 50.0 Å². The number of amides is 1. The van der Waals surface area contributed by atoms with Crippen molar-refractivity contribution in [2.75, 3.05) is 19.4 Å². The van der Waals surface area contributed by atoms with Crippen molar-refractivity contribution in [3.63, 3.8) is 0 Å². The number of aromatic nitrogens is 4. The average molecular weight is 338 g/mol. The van der Waals surface area contributed by atoms with Crippen molar-refractivity contribution in [3.05, 3.63) is 47.9 Å². The number of fused-ring (bicyclic) bond motifs is 1. The fourth-order valence-corrected chi connectivity index (χ4v) is 2.57. The topological polar surface area (TPSA) is 75.9 Å². The third-order valence-electron chi connectivity index (χ3n) is 3.87. The Morgan fingerprint density at radius 2 is 2.04 bits per heavy atom. The first kappa shape index (κ1) is 16.9. The van der Waals surface area contributed by atoms with Crippen molar-refractivity contribution in [2.45, 2.75) is 26.4 Å². The second-order valence-electron chi connectivity index (χ2n) is 6.42. The van der Waals surface area contributed by atoms with Gasteiger partial charge in [0.05, 0.1) is 6.20 Å². The summed E-state index contributed by atoms with van der Waals surface area (Å²) in [5.41, 5.74) is 2.52. The molecule has 0 unspecified atom stereocenters. The highest BCUT2D eigenvalue weighted by Crippen LogP contribution is 2.17. The van der Waals surface area contributed by atoms with Gasteiger partial charge in [-0.25, -0.2) is 14.6 Å². The van der Waals surface area contributed by atoms with Crippen LogP contribution in [-0.4, -0.2) is 44.7 Å². The summed E-state index contributed by atoms with van der Waals surface area (Å²) in [4.78, 5) is 22.4. The van der Waals surface area contributed by atoms with Crippen molar-refractivity contribution in [1.29, 1.82) is 0 Å². The molecule has 0 aliphatic carbocycles. The molecule has 3 aromatic heterocycles. The van der Waals surface area contributed by atoms with E-state index in [2.05, 4.69) is 40.3 Å². The molecule has 25 heavy (non-hydrogen) atoms. The van der Waals surface area contributed by atoms with Gasteiger partial charge >= 0.3 is 0 Å². The molecule has 0 aliphatic rings. The Hall–Kier alpha value is -2.96. The summed E-state index contributed by atoms with van der Waals surface area (Å²) in [5.74, 6) is 0.611. The van der Waals surface area contributed by atoms with E-state index in [1.165, 1.54) is 0 Å². The third-order valence-corrected chi connectivity index (χ3v) is 3.87. The molecule has 7 heteroatoms. The Morgan fingerprint density at radius 1 is 1.24 bits per heavy atom. The van der Waals surface area contributed by atoms with E-state index in [9.17, 15) is 4.79 Å². The van der Waals surface area contributed by atoms with E-state index in [4.69, 9.17) is 0 Å². The molecule has 0 saturated heterocycles. The summed E-state index contributed by atoms with van der Waals surface area (Å²) in [7, 11) is 3.46. The zero-order chi connectivity index (χ0) is 18.0. The van der Waals surface area contributed by atoms with Crippen molar-refractivity contribution in [1.82, 2.24) is 24.6 Å². The number of pyridine rings is 2. The predicted octanol–water partition coefficient (Wildman–Crippen LogP) is 2.72. The van der Waals surface area contributed by atoms with Crippen LogP contribution < -0.4 is 5.32 Å². The molecule has 0 atom stereocenters. The summed E-state index contributed by atoms with van der Waals surface area (Å²) in [6.45, 7) is 4.73.